The van der Waals surface area contributed by atoms with Gasteiger partial charge in [-0.05, 0) is 93.1 Å². The van der Waals surface area contributed by atoms with E-state index < -0.39 is 40.3 Å². The van der Waals surface area contributed by atoms with Crippen molar-refractivity contribution in [2.45, 2.75) is 109 Å². The molecule has 0 bridgehead atoms. The summed E-state index contributed by atoms with van der Waals surface area (Å²) in [6.45, 7) is 7.48. The van der Waals surface area contributed by atoms with Gasteiger partial charge in [0.2, 0.25) is 0 Å². The van der Waals surface area contributed by atoms with Crippen molar-refractivity contribution < 1.29 is 39.9 Å². The number of carbonyl (C=O) groups is 2. The molecule has 37 heavy (non-hydrogen) atoms. The lowest BCUT2D eigenvalue weighted by Gasteiger charge is -2.61. The number of hydrogen-bond donors (Lipinski definition) is 5. The van der Waals surface area contributed by atoms with E-state index in [1.165, 1.54) is 0 Å². The van der Waals surface area contributed by atoms with Crippen molar-refractivity contribution in [2.24, 2.45) is 40.4 Å². The summed E-state index contributed by atoms with van der Waals surface area (Å²) in [5.41, 5.74) is -3.28. The summed E-state index contributed by atoms with van der Waals surface area (Å²) in [5.74, 6) is -1.75. The quantitative estimate of drug-likeness (QED) is 0.354. The zero-order chi connectivity index (χ0) is 27.1. The number of carbonyl (C=O) groups excluding carboxylic acids is 2. The van der Waals surface area contributed by atoms with Crippen molar-refractivity contribution in [1.82, 2.24) is 0 Å². The van der Waals surface area contributed by atoms with Gasteiger partial charge in [0, 0.05) is 17.9 Å². The molecule has 0 radical (unpaired) electrons. The second-order valence-corrected chi connectivity index (χ2v) is 13.5. The molecule has 8 heteroatoms. The highest BCUT2D eigenvalue weighted by atomic mass is 16.6. The van der Waals surface area contributed by atoms with E-state index >= 15 is 0 Å². The number of ketones is 1. The minimum absolute atomic E-state index is 0.0346. The van der Waals surface area contributed by atoms with Crippen molar-refractivity contribution in [2.75, 3.05) is 6.61 Å². The van der Waals surface area contributed by atoms with E-state index in [-0.39, 0.29) is 54.4 Å². The fourth-order valence-corrected chi connectivity index (χ4v) is 9.39. The summed E-state index contributed by atoms with van der Waals surface area (Å²) < 4.78 is 5.77. The first-order chi connectivity index (χ1) is 17.2. The van der Waals surface area contributed by atoms with E-state index in [0.717, 1.165) is 0 Å². The molecular weight excluding hydrogens is 476 g/mol. The van der Waals surface area contributed by atoms with Crippen LogP contribution < -0.4 is 0 Å². The molecule has 1 aliphatic heterocycles. The minimum Gasteiger partial charge on any atom is -0.459 e. The number of rotatable bonds is 4. The Bertz CT molecular complexity index is 990. The summed E-state index contributed by atoms with van der Waals surface area (Å²) in [6, 6.07) is 0. The highest BCUT2D eigenvalue weighted by Crippen LogP contribution is 2.68. The number of fused-ring (bicyclic) bond motifs is 5. The number of ether oxygens (including phenoxy) is 1. The third-order valence-electron chi connectivity index (χ3n) is 11.8. The van der Waals surface area contributed by atoms with Gasteiger partial charge in [-0.25, -0.2) is 0 Å². The average Bonchev–Trinajstić information content (AvgIpc) is 3.11. The lowest BCUT2D eigenvalue weighted by atomic mass is 9.45. The molecule has 0 spiro atoms. The van der Waals surface area contributed by atoms with Gasteiger partial charge in [-0.15, -0.1) is 0 Å². The van der Waals surface area contributed by atoms with Crippen LogP contribution in [-0.4, -0.2) is 73.4 Å². The summed E-state index contributed by atoms with van der Waals surface area (Å²) in [6.07, 6.45) is 2.74. The van der Waals surface area contributed by atoms with E-state index in [1.54, 1.807) is 19.9 Å². The molecule has 4 aliphatic carbocycles. The second kappa shape index (κ2) is 8.85. The molecule has 0 aromatic heterocycles. The number of esters is 1. The van der Waals surface area contributed by atoms with Crippen molar-refractivity contribution in [3.63, 3.8) is 0 Å². The lowest BCUT2D eigenvalue weighted by Crippen LogP contribution is -2.63. The lowest BCUT2D eigenvalue weighted by molar-refractivity contribution is -0.207. The highest BCUT2D eigenvalue weighted by Gasteiger charge is 2.69. The van der Waals surface area contributed by atoms with Gasteiger partial charge in [0.25, 0.3) is 0 Å². The Morgan fingerprint density at radius 2 is 1.78 bits per heavy atom. The van der Waals surface area contributed by atoms with Gasteiger partial charge in [-0.2, -0.15) is 0 Å². The Morgan fingerprint density at radius 1 is 1.08 bits per heavy atom. The molecule has 8 nitrogen and oxygen atoms in total. The normalized spacial score (nSPS) is 51.3. The number of allylic oxidation sites excluding steroid dienone is 1. The second-order valence-electron chi connectivity index (χ2n) is 13.5. The maximum Gasteiger partial charge on any atom is 0.309 e. The predicted molar refractivity (Wildman–Crippen MR) is 134 cm³/mol. The maximum atomic E-state index is 13.4. The van der Waals surface area contributed by atoms with E-state index in [2.05, 4.69) is 0 Å². The van der Waals surface area contributed by atoms with Crippen molar-refractivity contribution in [3.8, 4) is 0 Å². The Balaban J connectivity index is 1.47. The average molecular weight is 521 g/mol. The van der Waals surface area contributed by atoms with Gasteiger partial charge in [0.1, 0.15) is 11.7 Å². The summed E-state index contributed by atoms with van der Waals surface area (Å²) >= 11 is 0. The zero-order valence-corrected chi connectivity index (χ0v) is 22.5. The van der Waals surface area contributed by atoms with Crippen LogP contribution in [0.3, 0.4) is 0 Å². The van der Waals surface area contributed by atoms with Crippen molar-refractivity contribution in [1.29, 1.82) is 0 Å². The highest BCUT2D eigenvalue weighted by molar-refractivity contribution is 5.95. The third kappa shape index (κ3) is 3.73. The maximum absolute atomic E-state index is 13.4. The molecule has 4 fully saturated rings. The molecule has 0 aromatic rings. The van der Waals surface area contributed by atoms with Gasteiger partial charge in [0.05, 0.1) is 23.7 Å². The Labute approximate surface area is 219 Å². The van der Waals surface area contributed by atoms with E-state index in [4.69, 9.17) is 4.74 Å². The van der Waals surface area contributed by atoms with Gasteiger partial charge < -0.3 is 30.3 Å². The Kier molecular flexibility index (Phi) is 6.52. The molecule has 0 unspecified atom stereocenters. The Morgan fingerprint density at radius 3 is 2.46 bits per heavy atom. The molecule has 208 valence electrons. The summed E-state index contributed by atoms with van der Waals surface area (Å²) in [7, 11) is 0. The van der Waals surface area contributed by atoms with Crippen LogP contribution in [0, 0.1) is 40.4 Å². The largest absolute Gasteiger partial charge is 0.459 e. The van der Waals surface area contributed by atoms with E-state index in [9.17, 15) is 35.1 Å². The van der Waals surface area contributed by atoms with Crippen LogP contribution in [0.15, 0.2) is 11.6 Å². The van der Waals surface area contributed by atoms with Gasteiger partial charge >= 0.3 is 5.97 Å². The summed E-state index contributed by atoms with van der Waals surface area (Å²) in [4.78, 5) is 26.0. The van der Waals surface area contributed by atoms with Crippen LogP contribution in [0.4, 0.5) is 0 Å². The molecule has 5 aliphatic rings. The van der Waals surface area contributed by atoms with E-state index in [1.807, 2.05) is 13.8 Å². The first-order valence-electron chi connectivity index (χ1n) is 14.1. The van der Waals surface area contributed by atoms with Gasteiger partial charge in [-0.3, -0.25) is 9.59 Å². The fraction of sp³-hybridized carbons (Fsp3) is 0.862. The summed E-state index contributed by atoms with van der Waals surface area (Å²) in [5, 5.41) is 54.7. The molecule has 0 aromatic carbocycles. The monoisotopic (exact) mass is 520 g/mol. The molecule has 5 N–H and O–H groups in total. The smallest absolute Gasteiger partial charge is 0.309 e. The fourth-order valence-electron chi connectivity index (χ4n) is 9.39. The number of hydrogen-bond acceptors (Lipinski definition) is 8. The van der Waals surface area contributed by atoms with Crippen LogP contribution in [0.25, 0.3) is 0 Å². The molecule has 5 rings (SSSR count). The van der Waals surface area contributed by atoms with Crippen molar-refractivity contribution >= 4 is 11.8 Å². The standard InChI is InChI=1S/C29H44O8/c1-15-16(7-10-30)11-24(37-25(15)34)28(4,35)23-6-9-29(36)18-12-20(31)19-13-21(32)22(33)14-26(19,2)17(18)5-8-27(23,29)3/h12,15-17,19,21-24,30,32-33,35-36H,5-11,13-14H2,1-4H3/t15-,16+,17+,19+,21-,22+,23+,24-,26-,27-,28-,29-/m1/s1. The molecule has 3 saturated carbocycles. The first kappa shape index (κ1) is 27.3. The van der Waals surface area contributed by atoms with Crippen LogP contribution in [0.5, 0.6) is 0 Å². The van der Waals surface area contributed by atoms with Crippen LogP contribution in [-0.2, 0) is 14.3 Å². The zero-order valence-electron chi connectivity index (χ0n) is 22.5. The minimum atomic E-state index is -1.40. The van der Waals surface area contributed by atoms with Gasteiger partial charge in [0.15, 0.2) is 5.78 Å². The number of aliphatic hydroxyl groups is 5. The first-order valence-corrected chi connectivity index (χ1v) is 14.1. The molecular formula is C29H44O8. The van der Waals surface area contributed by atoms with Gasteiger partial charge in [-0.1, -0.05) is 20.8 Å². The topological polar surface area (TPSA) is 145 Å². The van der Waals surface area contributed by atoms with E-state index in [0.29, 0.717) is 50.5 Å². The van der Waals surface area contributed by atoms with Crippen molar-refractivity contribution in [3.05, 3.63) is 11.6 Å². The molecule has 12 atom stereocenters. The SMILES string of the molecule is C[C@H]1C(=O)O[C@@H]([C@](C)(O)[C@H]2CC[C@@]3(O)C4=CC(=O)[C@@H]5C[C@@H](O)[C@@H](O)C[C@]5(C)[C@H]4CC[C@]23C)C[C@@H]1CCO. The number of cyclic esters (lactones) is 1. The third-order valence-corrected chi connectivity index (χ3v) is 11.8. The molecule has 1 saturated heterocycles. The molecule has 1 heterocycles. The molecule has 0 amide bonds. The Hall–Kier alpha value is -1.32. The van der Waals surface area contributed by atoms with Crippen LogP contribution >= 0.6 is 0 Å². The predicted octanol–water partition coefficient (Wildman–Crippen LogP) is 1.89. The van der Waals surface area contributed by atoms with Crippen LogP contribution in [0.2, 0.25) is 0 Å². The number of aliphatic hydroxyl groups excluding tert-OH is 3. The van der Waals surface area contributed by atoms with Crippen LogP contribution in [0.1, 0.15) is 79.1 Å².